The van der Waals surface area contributed by atoms with Crippen molar-refractivity contribution in [2.24, 2.45) is 0 Å². The molecule has 0 spiro atoms. The van der Waals surface area contributed by atoms with E-state index in [1.807, 2.05) is 39.0 Å². The number of rotatable bonds is 11. The fourth-order valence-corrected chi connectivity index (χ4v) is 4.15. The highest BCUT2D eigenvalue weighted by atomic mass is 32.2. The minimum Gasteiger partial charge on any atom is -0.352 e. The minimum atomic E-state index is -0.437. The summed E-state index contributed by atoms with van der Waals surface area (Å²) >= 11 is 1.68. The average Bonchev–Trinajstić information content (AvgIpc) is 2.72. The zero-order valence-corrected chi connectivity index (χ0v) is 19.4. The van der Waals surface area contributed by atoms with Crippen LogP contribution in [0.1, 0.15) is 44.7 Å². The second-order valence-electron chi connectivity index (χ2n) is 7.82. The van der Waals surface area contributed by atoms with Gasteiger partial charge in [-0.1, -0.05) is 55.0 Å². The van der Waals surface area contributed by atoms with E-state index in [4.69, 9.17) is 0 Å². The zero-order chi connectivity index (χ0) is 21.9. The lowest BCUT2D eigenvalue weighted by atomic mass is 10.1. The Morgan fingerprint density at radius 3 is 2.30 bits per heavy atom. The van der Waals surface area contributed by atoms with Gasteiger partial charge in [0.25, 0.3) is 0 Å². The molecule has 0 heterocycles. The first-order valence-electron chi connectivity index (χ1n) is 10.7. The summed E-state index contributed by atoms with van der Waals surface area (Å²) in [5.41, 5.74) is 2.40. The topological polar surface area (TPSA) is 49.4 Å². The molecule has 2 rings (SSSR count). The molecule has 0 aromatic heterocycles. The SMILES string of the molecule is CCC(C(=O)NC(C)C)N(CCc1ccccc1)C(=O)CCSc1ccc(C)cc1. The Morgan fingerprint density at radius 2 is 1.70 bits per heavy atom. The molecule has 1 atom stereocenters. The van der Waals surface area contributed by atoms with Gasteiger partial charge in [-0.05, 0) is 51.3 Å². The van der Waals surface area contributed by atoms with Crippen LogP contribution >= 0.6 is 11.8 Å². The van der Waals surface area contributed by atoms with Crippen LogP contribution in [0.4, 0.5) is 0 Å². The van der Waals surface area contributed by atoms with Gasteiger partial charge in [-0.15, -0.1) is 11.8 Å². The van der Waals surface area contributed by atoms with Gasteiger partial charge in [0.1, 0.15) is 6.04 Å². The van der Waals surface area contributed by atoms with Gasteiger partial charge in [0.15, 0.2) is 0 Å². The molecular weight excluding hydrogens is 392 g/mol. The van der Waals surface area contributed by atoms with E-state index in [9.17, 15) is 9.59 Å². The third-order valence-electron chi connectivity index (χ3n) is 4.91. The predicted octanol–water partition coefficient (Wildman–Crippen LogP) is 4.85. The lowest BCUT2D eigenvalue weighted by Gasteiger charge is -2.31. The predicted molar refractivity (Wildman–Crippen MR) is 126 cm³/mol. The summed E-state index contributed by atoms with van der Waals surface area (Å²) in [5, 5.41) is 2.98. The van der Waals surface area contributed by atoms with Crippen molar-refractivity contribution in [2.45, 2.75) is 63.9 Å². The van der Waals surface area contributed by atoms with Gasteiger partial charge < -0.3 is 10.2 Å². The summed E-state index contributed by atoms with van der Waals surface area (Å²) in [6, 6.07) is 18.1. The Bertz CT molecular complexity index is 791. The quantitative estimate of drug-likeness (QED) is 0.523. The molecule has 4 nitrogen and oxygen atoms in total. The van der Waals surface area contributed by atoms with Crippen molar-refractivity contribution < 1.29 is 9.59 Å². The lowest BCUT2D eigenvalue weighted by molar-refractivity contribution is -0.140. The van der Waals surface area contributed by atoms with Crippen LogP contribution in [0.5, 0.6) is 0 Å². The summed E-state index contributed by atoms with van der Waals surface area (Å²) in [5.74, 6) is 0.669. The number of benzene rings is 2. The van der Waals surface area contributed by atoms with E-state index in [0.717, 1.165) is 11.3 Å². The summed E-state index contributed by atoms with van der Waals surface area (Å²) < 4.78 is 0. The summed E-state index contributed by atoms with van der Waals surface area (Å²) in [4.78, 5) is 28.8. The van der Waals surface area contributed by atoms with E-state index in [1.165, 1.54) is 11.1 Å². The maximum atomic E-state index is 13.1. The number of amides is 2. The zero-order valence-electron chi connectivity index (χ0n) is 18.6. The third kappa shape index (κ3) is 7.86. The van der Waals surface area contributed by atoms with Gasteiger partial charge in [0.05, 0.1) is 0 Å². The molecule has 0 aliphatic heterocycles. The third-order valence-corrected chi connectivity index (χ3v) is 5.92. The second-order valence-corrected chi connectivity index (χ2v) is 8.99. The molecule has 0 aliphatic rings. The molecule has 2 amide bonds. The van der Waals surface area contributed by atoms with Gasteiger partial charge in [0, 0.05) is 29.7 Å². The first-order valence-corrected chi connectivity index (χ1v) is 11.7. The Balaban J connectivity index is 2.04. The Morgan fingerprint density at radius 1 is 1.03 bits per heavy atom. The van der Waals surface area contributed by atoms with Crippen molar-refractivity contribution in [3.63, 3.8) is 0 Å². The monoisotopic (exact) mass is 426 g/mol. The van der Waals surface area contributed by atoms with Gasteiger partial charge in [-0.2, -0.15) is 0 Å². The number of thioether (sulfide) groups is 1. The molecular formula is C25H34N2O2S. The Hall–Kier alpha value is -2.27. The van der Waals surface area contributed by atoms with Crippen LogP contribution in [0.2, 0.25) is 0 Å². The number of carbonyl (C=O) groups is 2. The van der Waals surface area contributed by atoms with E-state index in [1.54, 1.807) is 16.7 Å². The maximum Gasteiger partial charge on any atom is 0.242 e. The molecule has 162 valence electrons. The molecule has 0 fully saturated rings. The number of aryl methyl sites for hydroxylation is 1. The minimum absolute atomic E-state index is 0.0382. The molecule has 2 aromatic carbocycles. The molecule has 5 heteroatoms. The average molecular weight is 427 g/mol. The highest BCUT2D eigenvalue weighted by molar-refractivity contribution is 7.99. The fourth-order valence-electron chi connectivity index (χ4n) is 3.31. The molecule has 1 unspecified atom stereocenters. The first-order chi connectivity index (χ1) is 14.4. The number of hydrogen-bond donors (Lipinski definition) is 1. The van der Waals surface area contributed by atoms with E-state index in [2.05, 4.69) is 48.6 Å². The number of carbonyl (C=O) groups excluding carboxylic acids is 2. The molecule has 0 radical (unpaired) electrons. The van der Waals surface area contributed by atoms with Crippen molar-refractivity contribution in [1.29, 1.82) is 0 Å². The molecule has 0 aliphatic carbocycles. The largest absolute Gasteiger partial charge is 0.352 e. The highest BCUT2D eigenvalue weighted by Gasteiger charge is 2.28. The fraction of sp³-hybridized carbons (Fsp3) is 0.440. The van der Waals surface area contributed by atoms with Crippen LogP contribution < -0.4 is 5.32 Å². The van der Waals surface area contributed by atoms with E-state index in [0.29, 0.717) is 25.1 Å². The summed E-state index contributed by atoms with van der Waals surface area (Å²) in [6.45, 7) is 8.46. The van der Waals surface area contributed by atoms with E-state index >= 15 is 0 Å². The van der Waals surface area contributed by atoms with Crippen molar-refractivity contribution >= 4 is 23.6 Å². The second kappa shape index (κ2) is 12.4. The maximum absolute atomic E-state index is 13.1. The van der Waals surface area contributed by atoms with Crippen LogP contribution in [0.3, 0.4) is 0 Å². The van der Waals surface area contributed by atoms with Crippen LogP contribution in [-0.4, -0.2) is 41.1 Å². The van der Waals surface area contributed by atoms with Crippen LogP contribution in [0.25, 0.3) is 0 Å². The first kappa shape index (κ1) is 24.0. The number of hydrogen-bond acceptors (Lipinski definition) is 3. The summed E-state index contributed by atoms with van der Waals surface area (Å²) in [6.07, 6.45) is 1.76. The molecule has 2 aromatic rings. The normalized spacial score (nSPS) is 11.9. The van der Waals surface area contributed by atoms with Crippen molar-refractivity contribution in [2.75, 3.05) is 12.3 Å². The van der Waals surface area contributed by atoms with Gasteiger partial charge in [-0.3, -0.25) is 9.59 Å². The molecule has 30 heavy (non-hydrogen) atoms. The van der Waals surface area contributed by atoms with Gasteiger partial charge in [-0.25, -0.2) is 0 Å². The highest BCUT2D eigenvalue weighted by Crippen LogP contribution is 2.20. The van der Waals surface area contributed by atoms with Crippen LogP contribution in [0, 0.1) is 6.92 Å². The molecule has 1 N–H and O–H groups in total. The number of nitrogens with one attached hydrogen (secondary N) is 1. The van der Waals surface area contributed by atoms with Gasteiger partial charge in [0.2, 0.25) is 11.8 Å². The van der Waals surface area contributed by atoms with Crippen molar-refractivity contribution in [3.8, 4) is 0 Å². The molecule has 0 saturated heterocycles. The summed E-state index contributed by atoms with van der Waals surface area (Å²) in [7, 11) is 0. The Labute approximate surface area is 185 Å². The van der Waals surface area contributed by atoms with E-state index < -0.39 is 6.04 Å². The van der Waals surface area contributed by atoms with Crippen molar-refractivity contribution in [1.82, 2.24) is 10.2 Å². The molecule has 0 saturated carbocycles. The van der Waals surface area contributed by atoms with E-state index in [-0.39, 0.29) is 17.9 Å². The van der Waals surface area contributed by atoms with Crippen LogP contribution in [0.15, 0.2) is 59.5 Å². The van der Waals surface area contributed by atoms with Crippen LogP contribution in [-0.2, 0) is 16.0 Å². The smallest absolute Gasteiger partial charge is 0.242 e. The number of nitrogens with zero attached hydrogens (tertiary/aromatic N) is 1. The van der Waals surface area contributed by atoms with Gasteiger partial charge >= 0.3 is 0 Å². The lowest BCUT2D eigenvalue weighted by Crippen LogP contribution is -2.51. The standard InChI is InChI=1S/C25H34N2O2S/c1-5-23(25(29)26-19(2)3)27(17-15-21-9-7-6-8-10-21)24(28)16-18-30-22-13-11-20(4)12-14-22/h6-14,19,23H,5,15-18H2,1-4H3,(H,26,29). The molecule has 0 bridgehead atoms. The van der Waals surface area contributed by atoms with Crippen molar-refractivity contribution in [3.05, 3.63) is 65.7 Å². The Kier molecular flexibility index (Phi) is 9.95.